The molecule has 1 aromatic carbocycles. The van der Waals surface area contributed by atoms with Crippen molar-refractivity contribution in [2.24, 2.45) is 4.99 Å². The lowest BCUT2D eigenvalue weighted by Crippen LogP contribution is -1.85. The van der Waals surface area contributed by atoms with Crippen molar-refractivity contribution in [2.75, 3.05) is 0 Å². The quantitative estimate of drug-likeness (QED) is 0.689. The topological polar surface area (TPSA) is 12.4 Å². The van der Waals surface area contributed by atoms with Gasteiger partial charge in [0, 0.05) is 15.2 Å². The lowest BCUT2D eigenvalue weighted by Gasteiger charge is -2.00. The van der Waals surface area contributed by atoms with E-state index in [4.69, 9.17) is 0 Å². The van der Waals surface area contributed by atoms with Gasteiger partial charge in [-0.3, -0.25) is 4.99 Å². The van der Waals surface area contributed by atoms with Crippen molar-refractivity contribution in [1.82, 2.24) is 0 Å². The molecule has 1 aliphatic heterocycles. The number of halogens is 2. The van der Waals surface area contributed by atoms with Gasteiger partial charge in [0.1, 0.15) is 0 Å². The fourth-order valence-corrected chi connectivity index (χ4v) is 2.52. The average Bonchev–Trinajstić information content (AvgIpc) is 2.34. The number of nitrogens with zero attached hydrogens (tertiary/aromatic N) is 1. The van der Waals surface area contributed by atoms with Crippen LogP contribution < -0.4 is 0 Å². The minimum absolute atomic E-state index is 0.809. The summed E-state index contributed by atoms with van der Waals surface area (Å²) >= 11 is 6.91. The third-order valence-corrected chi connectivity index (χ3v) is 2.84. The fraction of sp³-hybridized carbons (Fsp3) is 0.125. The van der Waals surface area contributed by atoms with E-state index in [1.54, 1.807) is 0 Å². The smallest absolute Gasteiger partial charge is 0.0657 e. The van der Waals surface area contributed by atoms with Crippen LogP contribution in [0.25, 0.3) is 0 Å². The van der Waals surface area contributed by atoms with Crippen LogP contribution in [0.2, 0.25) is 0 Å². The molecule has 0 aromatic heterocycles. The van der Waals surface area contributed by atoms with Gasteiger partial charge in [0.05, 0.1) is 6.54 Å². The van der Waals surface area contributed by atoms with Gasteiger partial charge < -0.3 is 0 Å². The van der Waals surface area contributed by atoms with Crippen molar-refractivity contribution in [3.8, 4) is 0 Å². The van der Waals surface area contributed by atoms with Gasteiger partial charge in [-0.15, -0.1) is 0 Å². The molecule has 1 nitrogen and oxygen atoms in total. The Morgan fingerprint density at radius 1 is 1.27 bits per heavy atom. The Balaban J connectivity index is 2.66. The van der Waals surface area contributed by atoms with E-state index < -0.39 is 0 Å². The predicted octanol–water partition coefficient (Wildman–Crippen LogP) is 3.14. The van der Waals surface area contributed by atoms with Gasteiger partial charge in [-0.2, -0.15) is 0 Å². The second kappa shape index (κ2) is 2.72. The molecule has 0 N–H and O–H groups in total. The lowest BCUT2D eigenvalue weighted by atomic mass is 10.1. The van der Waals surface area contributed by atoms with Gasteiger partial charge in [-0.1, -0.05) is 31.9 Å². The number of rotatable bonds is 0. The van der Waals surface area contributed by atoms with Gasteiger partial charge in [-0.25, -0.2) is 0 Å². The first kappa shape index (κ1) is 7.50. The highest BCUT2D eigenvalue weighted by Crippen LogP contribution is 2.28. The van der Waals surface area contributed by atoms with E-state index in [-0.39, 0.29) is 0 Å². The maximum absolute atomic E-state index is 4.18. The molecule has 2 rings (SSSR count). The number of benzene rings is 1. The third-order valence-electron chi connectivity index (χ3n) is 1.67. The highest BCUT2D eigenvalue weighted by Gasteiger charge is 2.09. The molecule has 1 heterocycles. The highest BCUT2D eigenvalue weighted by molar-refractivity contribution is 9.11. The summed E-state index contributed by atoms with van der Waals surface area (Å²) in [6.07, 6.45) is 1.91. The standard InChI is InChI=1S/C8H5Br2N/c9-6-1-5-3-11-4-7(5)8(10)2-6/h1-3H,4H2. The van der Waals surface area contributed by atoms with Crippen molar-refractivity contribution in [3.05, 3.63) is 32.2 Å². The summed E-state index contributed by atoms with van der Waals surface area (Å²) in [5, 5.41) is 0. The molecule has 0 unspecified atom stereocenters. The van der Waals surface area contributed by atoms with E-state index in [9.17, 15) is 0 Å². The van der Waals surface area contributed by atoms with E-state index in [1.807, 2.05) is 12.3 Å². The number of hydrogen-bond donors (Lipinski definition) is 0. The first-order chi connectivity index (χ1) is 5.27. The third kappa shape index (κ3) is 1.27. The van der Waals surface area contributed by atoms with E-state index in [1.165, 1.54) is 11.1 Å². The van der Waals surface area contributed by atoms with Crippen LogP contribution in [0, 0.1) is 0 Å². The van der Waals surface area contributed by atoms with Crippen LogP contribution in [-0.4, -0.2) is 6.21 Å². The zero-order chi connectivity index (χ0) is 7.84. The molecule has 0 aliphatic carbocycles. The molecular formula is C8H5Br2N. The summed E-state index contributed by atoms with van der Waals surface area (Å²) in [4.78, 5) is 4.18. The molecule has 3 heteroatoms. The first-order valence-electron chi connectivity index (χ1n) is 3.25. The maximum Gasteiger partial charge on any atom is 0.0657 e. The van der Waals surface area contributed by atoms with Crippen LogP contribution in [0.1, 0.15) is 11.1 Å². The van der Waals surface area contributed by atoms with Crippen molar-refractivity contribution in [3.63, 3.8) is 0 Å². The molecule has 0 spiro atoms. The Hall–Kier alpha value is -0.150. The summed E-state index contributed by atoms with van der Waals surface area (Å²) in [7, 11) is 0. The summed E-state index contributed by atoms with van der Waals surface area (Å²) in [6, 6.07) is 4.13. The molecule has 0 radical (unpaired) electrons. The van der Waals surface area contributed by atoms with Crippen molar-refractivity contribution in [1.29, 1.82) is 0 Å². The van der Waals surface area contributed by atoms with Gasteiger partial charge in [-0.05, 0) is 23.3 Å². The highest BCUT2D eigenvalue weighted by atomic mass is 79.9. The van der Waals surface area contributed by atoms with Crippen molar-refractivity contribution in [2.45, 2.75) is 6.54 Å². The van der Waals surface area contributed by atoms with Gasteiger partial charge in [0.25, 0.3) is 0 Å². The van der Waals surface area contributed by atoms with Gasteiger partial charge >= 0.3 is 0 Å². The molecule has 0 fully saturated rings. The Bertz CT molecular complexity index is 331. The molecule has 0 atom stereocenters. The van der Waals surface area contributed by atoms with Crippen LogP contribution in [0.3, 0.4) is 0 Å². The normalized spacial score (nSPS) is 13.6. The van der Waals surface area contributed by atoms with Crippen LogP contribution in [0.15, 0.2) is 26.1 Å². The van der Waals surface area contributed by atoms with Crippen LogP contribution in [0.4, 0.5) is 0 Å². The SMILES string of the molecule is Brc1cc(Br)c2c(c1)C=NC2. The second-order valence-corrected chi connectivity index (χ2v) is 4.20. The predicted molar refractivity (Wildman–Crippen MR) is 53.1 cm³/mol. The Morgan fingerprint density at radius 2 is 2.09 bits per heavy atom. The molecule has 0 bridgehead atoms. The zero-order valence-electron chi connectivity index (χ0n) is 5.64. The van der Waals surface area contributed by atoms with Crippen molar-refractivity contribution < 1.29 is 0 Å². The summed E-state index contributed by atoms with van der Waals surface area (Å²) in [6.45, 7) is 0.809. The molecular weight excluding hydrogens is 270 g/mol. The summed E-state index contributed by atoms with van der Waals surface area (Å²) in [5.74, 6) is 0. The van der Waals surface area contributed by atoms with Crippen LogP contribution in [-0.2, 0) is 6.54 Å². The van der Waals surface area contributed by atoms with Gasteiger partial charge in [0.15, 0.2) is 0 Å². The molecule has 56 valence electrons. The summed E-state index contributed by atoms with van der Waals surface area (Å²) < 4.78 is 2.23. The minimum atomic E-state index is 0.809. The Kier molecular flexibility index (Phi) is 1.85. The van der Waals surface area contributed by atoms with Crippen LogP contribution >= 0.6 is 31.9 Å². The monoisotopic (exact) mass is 273 g/mol. The van der Waals surface area contributed by atoms with E-state index in [0.717, 1.165) is 15.5 Å². The number of fused-ring (bicyclic) bond motifs is 1. The summed E-state index contributed by atoms with van der Waals surface area (Å²) in [5.41, 5.74) is 2.50. The Morgan fingerprint density at radius 3 is 2.91 bits per heavy atom. The molecule has 1 aliphatic rings. The molecule has 0 saturated heterocycles. The second-order valence-electron chi connectivity index (χ2n) is 2.43. The van der Waals surface area contributed by atoms with E-state index in [2.05, 4.69) is 42.9 Å². The molecule has 0 saturated carbocycles. The minimum Gasteiger partial charge on any atom is -0.288 e. The molecule has 11 heavy (non-hydrogen) atoms. The molecule has 1 aromatic rings. The van der Waals surface area contributed by atoms with Crippen molar-refractivity contribution >= 4 is 38.1 Å². The largest absolute Gasteiger partial charge is 0.288 e. The fourth-order valence-electron chi connectivity index (χ4n) is 1.14. The lowest BCUT2D eigenvalue weighted by molar-refractivity contribution is 1.10. The van der Waals surface area contributed by atoms with Gasteiger partial charge in [0.2, 0.25) is 0 Å². The zero-order valence-corrected chi connectivity index (χ0v) is 8.81. The van der Waals surface area contributed by atoms with E-state index in [0.29, 0.717) is 0 Å². The number of hydrogen-bond acceptors (Lipinski definition) is 1. The first-order valence-corrected chi connectivity index (χ1v) is 4.84. The maximum atomic E-state index is 4.18. The number of aliphatic imine (C=N–C) groups is 1. The average molecular weight is 275 g/mol. The Labute approximate surface area is 81.8 Å². The molecule has 0 amide bonds. The van der Waals surface area contributed by atoms with Crippen LogP contribution in [0.5, 0.6) is 0 Å². The van der Waals surface area contributed by atoms with E-state index >= 15 is 0 Å².